The van der Waals surface area contributed by atoms with Crippen molar-refractivity contribution < 1.29 is 14.3 Å². The van der Waals surface area contributed by atoms with Gasteiger partial charge in [0.25, 0.3) is 5.91 Å². The maximum atomic E-state index is 12.7. The molecule has 0 radical (unpaired) electrons. The number of nitrogen functional groups attached to an aromatic ring is 1. The molecule has 0 bridgehead atoms. The Balaban J connectivity index is 1.71. The zero-order chi connectivity index (χ0) is 22.0. The number of hydrogen-bond acceptors (Lipinski definition) is 7. The molecule has 30 heavy (non-hydrogen) atoms. The Hall–Kier alpha value is -3.00. The van der Waals surface area contributed by atoms with Gasteiger partial charge in [-0.15, -0.1) is 11.3 Å². The lowest BCUT2D eigenvalue weighted by molar-refractivity contribution is -0.148. The molecule has 2 heterocycles. The summed E-state index contributed by atoms with van der Waals surface area (Å²) in [6.07, 6.45) is 0. The summed E-state index contributed by atoms with van der Waals surface area (Å²) < 4.78 is 5.42. The molecule has 1 atom stereocenters. The lowest BCUT2D eigenvalue weighted by Crippen LogP contribution is -2.45. The molecule has 0 aliphatic heterocycles. The molecule has 2 aromatic heterocycles. The molecule has 0 saturated carbocycles. The maximum Gasteiger partial charge on any atom is 0.329 e. The minimum absolute atomic E-state index is 0.113. The van der Waals surface area contributed by atoms with Crippen LogP contribution in [0, 0.1) is 26.7 Å². The van der Waals surface area contributed by atoms with Gasteiger partial charge in [-0.25, -0.2) is 14.8 Å². The number of amides is 1. The topological polar surface area (TPSA) is 107 Å². The first-order valence-corrected chi connectivity index (χ1v) is 10.5. The molecule has 1 aromatic carbocycles. The van der Waals surface area contributed by atoms with Crippen molar-refractivity contribution in [2.75, 3.05) is 5.73 Å². The fraction of sp³-hybridized carbons (Fsp3) is 0.364. The highest BCUT2D eigenvalue weighted by Gasteiger charge is 2.26. The zero-order valence-electron chi connectivity index (χ0n) is 17.8. The van der Waals surface area contributed by atoms with Gasteiger partial charge in [0.15, 0.2) is 12.4 Å². The summed E-state index contributed by atoms with van der Waals surface area (Å²) in [5.41, 5.74) is 8.62. The Morgan fingerprint density at radius 1 is 1.20 bits per heavy atom. The van der Waals surface area contributed by atoms with Gasteiger partial charge >= 0.3 is 5.97 Å². The summed E-state index contributed by atoms with van der Waals surface area (Å²) >= 11 is 1.53. The van der Waals surface area contributed by atoms with Crippen LogP contribution in [0.2, 0.25) is 0 Å². The van der Waals surface area contributed by atoms with E-state index in [1.807, 2.05) is 40.7 Å². The smallest absolute Gasteiger partial charge is 0.329 e. The largest absolute Gasteiger partial charge is 0.456 e. The monoisotopic (exact) mass is 426 g/mol. The van der Waals surface area contributed by atoms with E-state index < -0.39 is 12.0 Å². The number of carbonyl (C=O) groups excluding carboxylic acids is 2. The molecule has 8 heteroatoms. The van der Waals surface area contributed by atoms with E-state index in [4.69, 9.17) is 10.5 Å². The lowest BCUT2D eigenvalue weighted by atomic mass is 10.0. The Bertz CT molecular complexity index is 1110. The molecule has 0 aliphatic rings. The number of aromatic nitrogens is 2. The van der Waals surface area contributed by atoms with E-state index >= 15 is 0 Å². The summed E-state index contributed by atoms with van der Waals surface area (Å²) in [7, 11) is 0. The quantitative estimate of drug-likeness (QED) is 0.582. The third-order valence-corrected chi connectivity index (χ3v) is 6.04. The van der Waals surface area contributed by atoms with Crippen LogP contribution in [-0.4, -0.2) is 27.9 Å². The normalized spacial score (nSPS) is 12.2. The van der Waals surface area contributed by atoms with Gasteiger partial charge in [0.05, 0.1) is 5.39 Å². The van der Waals surface area contributed by atoms with Crippen molar-refractivity contribution in [3.8, 4) is 0 Å². The minimum Gasteiger partial charge on any atom is -0.456 e. The van der Waals surface area contributed by atoms with Crippen LogP contribution in [0.4, 0.5) is 5.82 Å². The highest BCUT2D eigenvalue weighted by atomic mass is 32.1. The van der Waals surface area contributed by atoms with Crippen molar-refractivity contribution in [2.45, 2.75) is 47.3 Å². The fourth-order valence-corrected chi connectivity index (χ4v) is 4.18. The predicted molar refractivity (Wildman–Crippen MR) is 118 cm³/mol. The minimum atomic E-state index is -0.787. The second-order valence-electron chi connectivity index (χ2n) is 7.66. The molecule has 3 aromatic rings. The molecule has 158 valence electrons. The van der Waals surface area contributed by atoms with Crippen LogP contribution >= 0.6 is 11.3 Å². The van der Waals surface area contributed by atoms with Gasteiger partial charge in [-0.2, -0.15) is 0 Å². The number of hydrogen-bond donors (Lipinski definition) is 2. The molecule has 7 nitrogen and oxygen atoms in total. The second-order valence-corrected chi connectivity index (χ2v) is 8.86. The SMILES string of the molecule is Cc1cccc(C(=O)N[C@H](C(=O)OCc2nc(N)c3c(C)c(C)sc3n2)C(C)C)c1. The average molecular weight is 427 g/mol. The van der Waals surface area contributed by atoms with Crippen LogP contribution in [0.1, 0.15) is 46.0 Å². The number of carbonyl (C=O) groups is 2. The van der Waals surface area contributed by atoms with Gasteiger partial charge in [-0.1, -0.05) is 31.5 Å². The van der Waals surface area contributed by atoms with Crippen LogP contribution < -0.4 is 11.1 Å². The number of benzene rings is 1. The molecular formula is C22H26N4O3S. The number of nitrogens with zero attached hydrogens (tertiary/aromatic N) is 2. The van der Waals surface area contributed by atoms with Crippen LogP contribution in [0.15, 0.2) is 24.3 Å². The van der Waals surface area contributed by atoms with Crippen LogP contribution in [0.3, 0.4) is 0 Å². The first kappa shape index (κ1) is 21.7. The Morgan fingerprint density at radius 2 is 1.93 bits per heavy atom. The molecular weight excluding hydrogens is 400 g/mol. The highest BCUT2D eigenvalue weighted by Crippen LogP contribution is 2.31. The third-order valence-electron chi connectivity index (χ3n) is 4.93. The van der Waals surface area contributed by atoms with E-state index in [0.717, 1.165) is 26.2 Å². The first-order chi connectivity index (χ1) is 14.2. The molecule has 3 N–H and O–H groups in total. The van der Waals surface area contributed by atoms with E-state index in [1.54, 1.807) is 18.2 Å². The fourth-order valence-electron chi connectivity index (χ4n) is 3.13. The van der Waals surface area contributed by atoms with Crippen LogP contribution in [-0.2, 0) is 16.1 Å². The summed E-state index contributed by atoms with van der Waals surface area (Å²) in [4.78, 5) is 35.9. The number of nitrogens with one attached hydrogen (secondary N) is 1. The van der Waals surface area contributed by atoms with Crippen molar-refractivity contribution >= 4 is 39.2 Å². The van der Waals surface area contributed by atoms with E-state index in [1.165, 1.54) is 11.3 Å². The number of ether oxygens (including phenoxy) is 1. The van der Waals surface area contributed by atoms with Gasteiger partial charge in [-0.3, -0.25) is 4.79 Å². The van der Waals surface area contributed by atoms with E-state index in [0.29, 0.717) is 17.2 Å². The van der Waals surface area contributed by atoms with Crippen molar-refractivity contribution in [1.82, 2.24) is 15.3 Å². The van der Waals surface area contributed by atoms with E-state index in [-0.39, 0.29) is 18.4 Å². The number of rotatable bonds is 6. The first-order valence-electron chi connectivity index (χ1n) is 9.73. The van der Waals surface area contributed by atoms with Gasteiger partial charge in [0, 0.05) is 10.4 Å². The number of anilines is 1. The van der Waals surface area contributed by atoms with E-state index in [2.05, 4.69) is 15.3 Å². The molecule has 1 amide bonds. The van der Waals surface area contributed by atoms with Crippen molar-refractivity contribution in [3.63, 3.8) is 0 Å². The van der Waals surface area contributed by atoms with Gasteiger partial charge in [0.2, 0.25) is 0 Å². The predicted octanol–water partition coefficient (Wildman–Crippen LogP) is 3.70. The molecule has 0 fully saturated rings. The van der Waals surface area contributed by atoms with Crippen molar-refractivity contribution in [2.24, 2.45) is 5.92 Å². The zero-order valence-corrected chi connectivity index (χ0v) is 18.6. The molecule has 0 unspecified atom stereocenters. The Kier molecular flexibility index (Phi) is 6.36. The number of fused-ring (bicyclic) bond motifs is 1. The average Bonchev–Trinajstić information content (AvgIpc) is 2.97. The summed E-state index contributed by atoms with van der Waals surface area (Å²) in [5.74, 6) is -0.293. The molecule has 0 saturated heterocycles. The van der Waals surface area contributed by atoms with Crippen LogP contribution in [0.5, 0.6) is 0 Å². The van der Waals surface area contributed by atoms with Crippen molar-refractivity contribution in [1.29, 1.82) is 0 Å². The Labute approximate surface area is 179 Å². The number of nitrogens with two attached hydrogens (primary N) is 1. The number of aryl methyl sites for hydroxylation is 3. The summed E-state index contributed by atoms with van der Waals surface area (Å²) in [5, 5.41) is 3.62. The van der Waals surface area contributed by atoms with Gasteiger partial charge < -0.3 is 15.8 Å². The molecule has 0 spiro atoms. The van der Waals surface area contributed by atoms with Crippen molar-refractivity contribution in [3.05, 3.63) is 51.7 Å². The second kappa shape index (κ2) is 8.79. The molecule has 3 rings (SSSR count). The Morgan fingerprint density at radius 3 is 2.60 bits per heavy atom. The highest BCUT2D eigenvalue weighted by molar-refractivity contribution is 7.18. The third kappa shape index (κ3) is 4.59. The standard InChI is InChI=1S/C22H26N4O3S/c1-11(2)18(26-20(27)15-8-6-7-12(3)9-15)22(28)29-10-16-24-19(23)17-13(4)14(5)30-21(17)25-16/h6-9,11,18H,10H2,1-5H3,(H,26,27)(H2,23,24,25)/t18-/m0/s1. The number of esters is 1. The summed E-state index contributed by atoms with van der Waals surface area (Å²) in [6.45, 7) is 9.48. The maximum absolute atomic E-state index is 12.7. The van der Waals surface area contributed by atoms with Gasteiger partial charge in [0.1, 0.15) is 16.7 Å². The summed E-state index contributed by atoms with van der Waals surface area (Å²) in [6, 6.07) is 6.41. The van der Waals surface area contributed by atoms with E-state index in [9.17, 15) is 9.59 Å². The molecule has 0 aliphatic carbocycles. The lowest BCUT2D eigenvalue weighted by Gasteiger charge is -2.21. The van der Waals surface area contributed by atoms with Crippen LogP contribution in [0.25, 0.3) is 10.2 Å². The number of thiophene rings is 1. The van der Waals surface area contributed by atoms with Gasteiger partial charge in [-0.05, 0) is 44.4 Å².